The van der Waals surface area contributed by atoms with Crippen LogP contribution >= 0.6 is 0 Å². The maximum atomic E-state index is 5.52. The van der Waals surface area contributed by atoms with Gasteiger partial charge < -0.3 is 0 Å². The fourth-order valence-corrected chi connectivity index (χ4v) is 9.43. The molecule has 0 saturated carbocycles. The lowest BCUT2D eigenvalue weighted by molar-refractivity contribution is 0.821. The van der Waals surface area contributed by atoms with E-state index in [1.807, 2.05) is 0 Å². The molecule has 1 atom stereocenters. The lowest BCUT2D eigenvalue weighted by Gasteiger charge is -2.28. The van der Waals surface area contributed by atoms with Crippen LogP contribution in [0.1, 0.15) is 22.6 Å². The molecular formula is C50H31N3. The zero-order valence-corrected chi connectivity index (χ0v) is 28.8. The number of nitrogens with zero attached hydrogens (tertiary/aromatic N) is 3. The Labute approximate surface area is 306 Å². The van der Waals surface area contributed by atoms with E-state index < -0.39 is 0 Å². The Hall–Kier alpha value is -6.84. The summed E-state index contributed by atoms with van der Waals surface area (Å²) in [7, 11) is 0. The van der Waals surface area contributed by atoms with Gasteiger partial charge in [-0.25, -0.2) is 9.97 Å². The van der Waals surface area contributed by atoms with Gasteiger partial charge in [0.1, 0.15) is 5.82 Å². The molecule has 53 heavy (non-hydrogen) atoms. The van der Waals surface area contributed by atoms with Gasteiger partial charge in [-0.15, -0.1) is 0 Å². The summed E-state index contributed by atoms with van der Waals surface area (Å²) in [5.41, 5.74) is 16.3. The summed E-state index contributed by atoms with van der Waals surface area (Å²) in [6, 6.07) is 61.6. The van der Waals surface area contributed by atoms with Gasteiger partial charge in [0, 0.05) is 33.2 Å². The third-order valence-corrected chi connectivity index (χ3v) is 11.7. The predicted octanol–water partition coefficient (Wildman–Crippen LogP) is 12.5. The smallest absolute Gasteiger partial charge is 0.162 e. The predicted molar refractivity (Wildman–Crippen MR) is 219 cm³/mol. The highest BCUT2D eigenvalue weighted by molar-refractivity contribution is 6.19. The summed E-state index contributed by atoms with van der Waals surface area (Å²) >= 11 is 0. The Bertz CT molecular complexity index is 3140. The first kappa shape index (κ1) is 28.8. The summed E-state index contributed by atoms with van der Waals surface area (Å²) in [6.07, 6.45) is 0.985. The SMILES string of the molecule is c1ccc(-c2ccc(-c3nc(-n4c5ccccc5c5cc6c7c(c54)-c4ccc5ccccc5c4CC7c4ccccc4-6)c4ccccc4n3)cc2)cc1. The maximum Gasteiger partial charge on any atom is 0.162 e. The van der Waals surface area contributed by atoms with Crippen LogP contribution in [-0.2, 0) is 6.42 Å². The van der Waals surface area contributed by atoms with Gasteiger partial charge in [0.25, 0.3) is 0 Å². The quantitative estimate of drug-likeness (QED) is 0.187. The van der Waals surface area contributed by atoms with Crippen molar-refractivity contribution in [2.75, 3.05) is 0 Å². The van der Waals surface area contributed by atoms with E-state index in [1.165, 1.54) is 77.1 Å². The number of rotatable bonds is 3. The Balaban J connectivity index is 1.20. The van der Waals surface area contributed by atoms with Crippen LogP contribution in [0.5, 0.6) is 0 Å². The van der Waals surface area contributed by atoms with Crippen LogP contribution in [0, 0.1) is 0 Å². The summed E-state index contributed by atoms with van der Waals surface area (Å²) in [5.74, 6) is 1.90. The van der Waals surface area contributed by atoms with Crippen molar-refractivity contribution in [1.29, 1.82) is 0 Å². The van der Waals surface area contributed by atoms with Gasteiger partial charge in [0.15, 0.2) is 5.82 Å². The van der Waals surface area contributed by atoms with Gasteiger partial charge in [0.2, 0.25) is 0 Å². The Morgan fingerprint density at radius 2 is 1.19 bits per heavy atom. The minimum Gasteiger partial charge on any atom is -0.293 e. The van der Waals surface area contributed by atoms with Gasteiger partial charge in [-0.2, -0.15) is 0 Å². The molecule has 1 unspecified atom stereocenters. The second kappa shape index (κ2) is 10.8. The van der Waals surface area contributed by atoms with Crippen molar-refractivity contribution in [2.24, 2.45) is 0 Å². The standard InChI is InChI=1S/C50H31N3/c1-2-12-30(13-3-1)31-22-24-33(25-23-31)49-51-44-20-10-8-19-39(44)50(52-49)53-45-21-11-9-18-37(45)43-29-42-36-17-7-6-16-35(36)41-28-40-34-15-5-4-14-32(34)26-27-38(40)47(46(41)42)48(43)53/h1-27,29,41H,28H2. The van der Waals surface area contributed by atoms with Crippen LogP contribution in [0.15, 0.2) is 170 Å². The normalized spacial score (nSPS) is 14.2. The molecule has 0 fully saturated rings. The van der Waals surface area contributed by atoms with E-state index >= 15 is 0 Å². The molecule has 0 saturated heterocycles. The minimum atomic E-state index is 0.284. The van der Waals surface area contributed by atoms with E-state index in [0.717, 1.165) is 40.0 Å². The first-order chi connectivity index (χ1) is 26.3. The van der Waals surface area contributed by atoms with Crippen LogP contribution in [0.25, 0.3) is 94.1 Å². The molecular weight excluding hydrogens is 643 g/mol. The highest BCUT2D eigenvalue weighted by Crippen LogP contribution is 2.58. The maximum absolute atomic E-state index is 5.52. The van der Waals surface area contributed by atoms with E-state index in [4.69, 9.17) is 9.97 Å². The molecule has 10 aromatic rings. The number of fused-ring (bicyclic) bond motifs is 12. The Morgan fingerprint density at radius 1 is 0.491 bits per heavy atom. The van der Waals surface area contributed by atoms with Crippen molar-refractivity contribution in [3.63, 3.8) is 0 Å². The summed E-state index contributed by atoms with van der Waals surface area (Å²) in [4.78, 5) is 10.7. The van der Waals surface area contributed by atoms with Crippen molar-refractivity contribution in [3.05, 3.63) is 187 Å². The monoisotopic (exact) mass is 673 g/mol. The molecule has 0 bridgehead atoms. The fraction of sp³-hybridized carbons (Fsp3) is 0.0400. The third kappa shape index (κ3) is 4.05. The molecule has 3 heteroatoms. The topological polar surface area (TPSA) is 30.7 Å². The Morgan fingerprint density at radius 3 is 2.08 bits per heavy atom. The van der Waals surface area contributed by atoms with E-state index in [0.29, 0.717) is 0 Å². The molecule has 0 radical (unpaired) electrons. The van der Waals surface area contributed by atoms with E-state index in [1.54, 1.807) is 0 Å². The largest absolute Gasteiger partial charge is 0.293 e. The van der Waals surface area contributed by atoms with Crippen molar-refractivity contribution in [2.45, 2.75) is 12.3 Å². The average Bonchev–Trinajstić information content (AvgIpc) is 3.73. The second-order valence-corrected chi connectivity index (χ2v) is 14.4. The highest BCUT2D eigenvalue weighted by Gasteiger charge is 2.38. The van der Waals surface area contributed by atoms with Crippen LogP contribution in [-0.4, -0.2) is 14.5 Å². The molecule has 8 aromatic carbocycles. The van der Waals surface area contributed by atoms with E-state index in [2.05, 4.69) is 174 Å². The molecule has 0 aliphatic heterocycles. The lowest BCUT2D eigenvalue weighted by atomic mass is 9.75. The first-order valence-corrected chi connectivity index (χ1v) is 18.4. The summed E-state index contributed by atoms with van der Waals surface area (Å²) in [6.45, 7) is 0. The molecule has 2 heterocycles. The molecule has 2 aromatic heterocycles. The number of hydrogen-bond donors (Lipinski definition) is 0. The fourth-order valence-electron chi connectivity index (χ4n) is 9.43. The number of aromatic nitrogens is 3. The highest BCUT2D eigenvalue weighted by atomic mass is 15.1. The molecule has 246 valence electrons. The van der Waals surface area contributed by atoms with Crippen LogP contribution < -0.4 is 0 Å². The van der Waals surface area contributed by atoms with E-state index in [-0.39, 0.29) is 5.92 Å². The average molecular weight is 674 g/mol. The van der Waals surface area contributed by atoms with Crippen molar-refractivity contribution < 1.29 is 0 Å². The molecule has 12 rings (SSSR count). The molecule has 0 spiro atoms. The van der Waals surface area contributed by atoms with Gasteiger partial charge in [-0.05, 0) is 86.0 Å². The molecule has 2 aliphatic rings. The van der Waals surface area contributed by atoms with Gasteiger partial charge in [0.05, 0.1) is 16.6 Å². The zero-order chi connectivity index (χ0) is 34.6. The van der Waals surface area contributed by atoms with Crippen molar-refractivity contribution in [3.8, 4) is 50.6 Å². The number of benzene rings is 8. The lowest BCUT2D eigenvalue weighted by Crippen LogP contribution is -2.12. The van der Waals surface area contributed by atoms with Gasteiger partial charge in [-0.3, -0.25) is 4.57 Å². The first-order valence-electron chi connectivity index (χ1n) is 18.4. The van der Waals surface area contributed by atoms with Crippen LogP contribution in [0.3, 0.4) is 0 Å². The summed E-state index contributed by atoms with van der Waals surface area (Å²) < 4.78 is 2.45. The van der Waals surface area contributed by atoms with Crippen molar-refractivity contribution in [1.82, 2.24) is 14.5 Å². The summed E-state index contributed by atoms with van der Waals surface area (Å²) in [5, 5.41) is 6.14. The minimum absolute atomic E-state index is 0.284. The van der Waals surface area contributed by atoms with Gasteiger partial charge >= 0.3 is 0 Å². The van der Waals surface area contributed by atoms with Crippen LogP contribution in [0.4, 0.5) is 0 Å². The van der Waals surface area contributed by atoms with Crippen LogP contribution in [0.2, 0.25) is 0 Å². The van der Waals surface area contributed by atoms with E-state index in [9.17, 15) is 0 Å². The molecule has 0 N–H and O–H groups in total. The van der Waals surface area contributed by atoms with Crippen molar-refractivity contribution >= 4 is 43.5 Å². The number of hydrogen-bond acceptors (Lipinski definition) is 2. The molecule has 0 amide bonds. The van der Waals surface area contributed by atoms with Gasteiger partial charge in [-0.1, -0.05) is 146 Å². The Kier molecular flexibility index (Phi) is 5.89. The second-order valence-electron chi connectivity index (χ2n) is 14.4. The number of para-hydroxylation sites is 2. The third-order valence-electron chi connectivity index (χ3n) is 11.7. The zero-order valence-electron chi connectivity index (χ0n) is 28.8. The molecule has 2 aliphatic carbocycles. The molecule has 3 nitrogen and oxygen atoms in total.